The van der Waals surface area contributed by atoms with Gasteiger partial charge in [0.1, 0.15) is 0 Å². The molecule has 4 heteroatoms. The summed E-state index contributed by atoms with van der Waals surface area (Å²) in [5.41, 5.74) is 0. The summed E-state index contributed by atoms with van der Waals surface area (Å²) in [6.07, 6.45) is 24.8. The zero-order valence-electron chi connectivity index (χ0n) is 15.6. The molecular weight excluding hydrogens is 328 g/mol. The molecule has 0 aliphatic rings. The molecule has 0 spiro atoms. The van der Waals surface area contributed by atoms with Gasteiger partial charge in [0.2, 0.25) is 0 Å². The number of carbonyl (C=O) groups is 1. The first-order valence-electron chi connectivity index (χ1n) is 9.10. The molecule has 0 aromatic heterocycles. The summed E-state index contributed by atoms with van der Waals surface area (Å²) in [5.74, 6) is -0.787. The van der Waals surface area contributed by atoms with Crippen molar-refractivity contribution in [2.75, 3.05) is 0 Å². The third-order valence-corrected chi connectivity index (χ3v) is 3.29. The molecule has 1 unspecified atom stereocenters. The number of rotatable bonds is 14. The molecule has 4 nitrogen and oxygen atoms in total. The molecule has 0 heterocycles. The van der Waals surface area contributed by atoms with E-state index in [0.29, 0.717) is 19.3 Å². The van der Waals surface area contributed by atoms with E-state index in [4.69, 9.17) is 5.11 Å². The fraction of sp³-hybridized carbons (Fsp3) is 0.409. The lowest BCUT2D eigenvalue weighted by Gasteiger charge is -1.99. The van der Waals surface area contributed by atoms with Crippen molar-refractivity contribution in [1.29, 1.82) is 0 Å². The third-order valence-electron chi connectivity index (χ3n) is 3.29. The van der Waals surface area contributed by atoms with Gasteiger partial charge in [0, 0.05) is 6.42 Å². The second-order valence-corrected chi connectivity index (χ2v) is 5.75. The summed E-state index contributed by atoms with van der Waals surface area (Å²) in [6, 6.07) is 0. The van der Waals surface area contributed by atoms with Crippen molar-refractivity contribution < 1.29 is 20.1 Å². The summed E-state index contributed by atoms with van der Waals surface area (Å²) in [4.78, 5) is 10.3. The van der Waals surface area contributed by atoms with Gasteiger partial charge in [-0.3, -0.25) is 4.79 Å². The van der Waals surface area contributed by atoms with Gasteiger partial charge >= 0.3 is 5.97 Å². The Hall–Kier alpha value is -2.17. The van der Waals surface area contributed by atoms with Crippen molar-refractivity contribution >= 4 is 5.97 Å². The van der Waals surface area contributed by atoms with Crippen molar-refractivity contribution in [1.82, 2.24) is 0 Å². The second-order valence-electron chi connectivity index (χ2n) is 5.75. The maximum atomic E-state index is 10.3. The monoisotopic (exact) mass is 360 g/mol. The second kappa shape index (κ2) is 17.6. The summed E-state index contributed by atoms with van der Waals surface area (Å²) >= 11 is 0. The Kier molecular flexibility index (Phi) is 16.2. The van der Waals surface area contributed by atoms with Crippen molar-refractivity contribution in [3.05, 3.63) is 72.9 Å². The first-order valence-corrected chi connectivity index (χ1v) is 9.10. The summed E-state index contributed by atoms with van der Waals surface area (Å²) in [6.45, 7) is 2.06. The van der Waals surface area contributed by atoms with E-state index in [1.165, 1.54) is 0 Å². The molecule has 144 valence electrons. The van der Waals surface area contributed by atoms with E-state index in [1.54, 1.807) is 24.3 Å². The van der Waals surface area contributed by atoms with Crippen LogP contribution in [0, 0.1) is 0 Å². The van der Waals surface area contributed by atoms with E-state index >= 15 is 0 Å². The van der Waals surface area contributed by atoms with Crippen LogP contribution in [-0.4, -0.2) is 33.5 Å². The van der Waals surface area contributed by atoms with Crippen LogP contribution in [0.2, 0.25) is 0 Å². The predicted octanol–water partition coefficient (Wildman–Crippen LogP) is 4.49. The highest BCUT2D eigenvalue weighted by atomic mass is 16.4. The predicted molar refractivity (Wildman–Crippen MR) is 108 cm³/mol. The van der Waals surface area contributed by atoms with Crippen molar-refractivity contribution in [2.45, 2.75) is 57.7 Å². The molecule has 0 aliphatic heterocycles. The standard InChI is InChI=1S/C22H32O4/c1-2-3-10-15-20(23)17-12-8-9-13-18-21(24)16-11-6-4-5-7-14-19-22(25)26/h3,5-13,17-18,20-21,23-24H,2,4,14-16,19H2,1H3,(H,25,26)/b7-5-,9-8+,10-3-,11-6-,17-12+,18-13-/t20?,21-/m0/s1. The average Bonchev–Trinajstić information content (AvgIpc) is 2.60. The number of aliphatic hydroxyl groups is 2. The highest BCUT2D eigenvalue weighted by Crippen LogP contribution is 2.00. The average molecular weight is 360 g/mol. The first-order chi connectivity index (χ1) is 12.6. The van der Waals surface area contributed by atoms with Crippen LogP contribution < -0.4 is 0 Å². The quantitative estimate of drug-likeness (QED) is 0.315. The molecule has 0 aromatic carbocycles. The smallest absolute Gasteiger partial charge is 0.303 e. The van der Waals surface area contributed by atoms with Crippen molar-refractivity contribution in [2.24, 2.45) is 0 Å². The minimum Gasteiger partial charge on any atom is -0.481 e. The number of hydrogen-bond acceptors (Lipinski definition) is 3. The lowest BCUT2D eigenvalue weighted by atomic mass is 10.2. The Morgan fingerprint density at radius 3 is 1.88 bits per heavy atom. The topological polar surface area (TPSA) is 77.8 Å². The van der Waals surface area contributed by atoms with Crippen LogP contribution in [0.5, 0.6) is 0 Å². The fourth-order valence-corrected chi connectivity index (χ4v) is 1.90. The number of carboxylic acid groups (broad SMARTS) is 1. The summed E-state index contributed by atoms with van der Waals surface area (Å²) in [7, 11) is 0. The lowest BCUT2D eigenvalue weighted by molar-refractivity contribution is -0.136. The number of allylic oxidation sites excluding steroid dienone is 8. The van der Waals surface area contributed by atoms with E-state index in [1.807, 2.05) is 48.6 Å². The van der Waals surface area contributed by atoms with Crippen LogP contribution in [0.25, 0.3) is 0 Å². The Bertz CT molecular complexity index is 524. The van der Waals surface area contributed by atoms with Crippen molar-refractivity contribution in [3.63, 3.8) is 0 Å². The van der Waals surface area contributed by atoms with E-state index < -0.39 is 18.2 Å². The largest absolute Gasteiger partial charge is 0.481 e. The Labute approximate surface area is 157 Å². The number of aliphatic hydroxyl groups excluding tert-OH is 2. The van der Waals surface area contributed by atoms with Gasteiger partial charge in [0.15, 0.2) is 0 Å². The fourth-order valence-electron chi connectivity index (χ4n) is 1.90. The SMILES string of the molecule is CC/C=C\CC(O)/C=C/C=C/C=C\[C@@H](O)C/C=C\C/C=C\CCC(=O)O. The third kappa shape index (κ3) is 18.2. The maximum absolute atomic E-state index is 10.3. The zero-order valence-corrected chi connectivity index (χ0v) is 15.6. The van der Waals surface area contributed by atoms with E-state index in [2.05, 4.69) is 6.92 Å². The van der Waals surface area contributed by atoms with Gasteiger partial charge < -0.3 is 15.3 Å². The minimum atomic E-state index is -0.787. The highest BCUT2D eigenvalue weighted by Gasteiger charge is 1.94. The molecule has 0 saturated carbocycles. The zero-order chi connectivity index (χ0) is 19.5. The van der Waals surface area contributed by atoms with Crippen LogP contribution in [0.3, 0.4) is 0 Å². The normalized spacial score (nSPS) is 15.5. The van der Waals surface area contributed by atoms with Crippen LogP contribution in [0.4, 0.5) is 0 Å². The molecule has 0 fully saturated rings. The van der Waals surface area contributed by atoms with Crippen LogP contribution in [0.15, 0.2) is 72.9 Å². The summed E-state index contributed by atoms with van der Waals surface area (Å²) < 4.78 is 0. The van der Waals surface area contributed by atoms with E-state index in [9.17, 15) is 15.0 Å². The summed E-state index contributed by atoms with van der Waals surface area (Å²) in [5, 5.41) is 28.0. The first kappa shape index (κ1) is 23.8. The van der Waals surface area contributed by atoms with Crippen molar-refractivity contribution in [3.8, 4) is 0 Å². The Morgan fingerprint density at radius 2 is 1.35 bits per heavy atom. The molecule has 0 amide bonds. The van der Waals surface area contributed by atoms with E-state index in [0.717, 1.165) is 12.8 Å². The Balaban J connectivity index is 3.87. The maximum Gasteiger partial charge on any atom is 0.303 e. The Morgan fingerprint density at radius 1 is 0.808 bits per heavy atom. The van der Waals surface area contributed by atoms with Gasteiger partial charge in [-0.2, -0.15) is 0 Å². The molecule has 3 N–H and O–H groups in total. The molecule has 0 aromatic rings. The van der Waals surface area contributed by atoms with Gasteiger partial charge in [0.25, 0.3) is 0 Å². The molecule has 0 rings (SSSR count). The van der Waals surface area contributed by atoms with Crippen LogP contribution in [0.1, 0.15) is 45.4 Å². The molecule has 26 heavy (non-hydrogen) atoms. The van der Waals surface area contributed by atoms with E-state index in [-0.39, 0.29) is 6.42 Å². The van der Waals surface area contributed by atoms with Gasteiger partial charge in [-0.15, -0.1) is 0 Å². The minimum absolute atomic E-state index is 0.154. The van der Waals surface area contributed by atoms with Gasteiger partial charge in [-0.05, 0) is 32.1 Å². The molecule has 0 aliphatic carbocycles. The van der Waals surface area contributed by atoms with Gasteiger partial charge in [0.05, 0.1) is 12.2 Å². The molecule has 2 atom stereocenters. The van der Waals surface area contributed by atoms with Crippen LogP contribution >= 0.6 is 0 Å². The molecular formula is C22H32O4. The lowest BCUT2D eigenvalue weighted by Crippen LogP contribution is -1.98. The highest BCUT2D eigenvalue weighted by molar-refractivity contribution is 5.66. The number of aliphatic carboxylic acids is 1. The number of hydrogen-bond donors (Lipinski definition) is 3. The number of carboxylic acids is 1. The van der Waals surface area contributed by atoms with Crippen LogP contribution in [-0.2, 0) is 4.79 Å². The van der Waals surface area contributed by atoms with Gasteiger partial charge in [-0.25, -0.2) is 0 Å². The molecule has 0 bridgehead atoms. The molecule has 0 saturated heterocycles. The molecule has 0 radical (unpaired) electrons. The van der Waals surface area contributed by atoms with Gasteiger partial charge in [-0.1, -0.05) is 79.8 Å².